The van der Waals surface area contributed by atoms with Gasteiger partial charge in [0.1, 0.15) is 11.5 Å². The summed E-state index contributed by atoms with van der Waals surface area (Å²) in [6.07, 6.45) is 5.12. The van der Waals surface area contributed by atoms with Crippen LogP contribution in [0.2, 0.25) is 0 Å². The summed E-state index contributed by atoms with van der Waals surface area (Å²) >= 11 is 0. The van der Waals surface area contributed by atoms with Gasteiger partial charge < -0.3 is 18.9 Å². The molecule has 0 aliphatic carbocycles. The van der Waals surface area contributed by atoms with Crippen molar-refractivity contribution >= 4 is 0 Å². The summed E-state index contributed by atoms with van der Waals surface area (Å²) in [4.78, 5) is 2.52. The Bertz CT molecular complexity index is 1100. The highest BCUT2D eigenvalue weighted by Gasteiger charge is 2.19. The fourth-order valence-corrected chi connectivity index (χ4v) is 4.71. The van der Waals surface area contributed by atoms with E-state index in [0.717, 1.165) is 81.3 Å². The molecular formula is C30H37NO4. The second-order valence-electron chi connectivity index (χ2n) is 9.02. The first-order chi connectivity index (χ1) is 17.2. The SMILES string of the molecule is COc1cccc(CCc2ccccc2OCCCCN2CCc3cc(OC)c(OC)cc3C2)c1. The molecule has 0 radical (unpaired) electrons. The molecule has 0 fully saturated rings. The number of aryl methyl sites for hydroxylation is 2. The number of benzene rings is 3. The fourth-order valence-electron chi connectivity index (χ4n) is 4.71. The Morgan fingerprint density at radius 3 is 2.34 bits per heavy atom. The molecule has 0 aromatic heterocycles. The number of para-hydroxylation sites is 1. The summed E-state index contributed by atoms with van der Waals surface area (Å²) in [5.74, 6) is 3.54. The molecule has 5 heteroatoms. The van der Waals surface area contributed by atoms with Gasteiger partial charge in [-0.05, 0) is 91.2 Å². The summed E-state index contributed by atoms with van der Waals surface area (Å²) < 4.78 is 22.5. The van der Waals surface area contributed by atoms with Gasteiger partial charge in [-0.25, -0.2) is 0 Å². The van der Waals surface area contributed by atoms with Gasteiger partial charge in [0.25, 0.3) is 0 Å². The zero-order valence-corrected chi connectivity index (χ0v) is 21.2. The Morgan fingerprint density at radius 1 is 0.743 bits per heavy atom. The molecule has 0 atom stereocenters. The number of rotatable bonds is 12. The van der Waals surface area contributed by atoms with E-state index in [1.54, 1.807) is 21.3 Å². The Hall–Kier alpha value is -3.18. The van der Waals surface area contributed by atoms with E-state index in [1.807, 2.05) is 12.1 Å². The second-order valence-corrected chi connectivity index (χ2v) is 9.02. The van der Waals surface area contributed by atoms with E-state index >= 15 is 0 Å². The van der Waals surface area contributed by atoms with Crippen LogP contribution in [0.5, 0.6) is 23.0 Å². The van der Waals surface area contributed by atoms with Gasteiger partial charge in [-0.15, -0.1) is 0 Å². The van der Waals surface area contributed by atoms with Gasteiger partial charge in [0.05, 0.1) is 27.9 Å². The first-order valence-electron chi connectivity index (χ1n) is 12.5. The van der Waals surface area contributed by atoms with Gasteiger partial charge in [-0.1, -0.05) is 30.3 Å². The van der Waals surface area contributed by atoms with E-state index < -0.39 is 0 Å². The zero-order valence-electron chi connectivity index (χ0n) is 21.2. The molecular weight excluding hydrogens is 438 g/mol. The first-order valence-corrected chi connectivity index (χ1v) is 12.5. The topological polar surface area (TPSA) is 40.2 Å². The molecule has 0 saturated heterocycles. The zero-order chi connectivity index (χ0) is 24.5. The third-order valence-corrected chi connectivity index (χ3v) is 6.71. The highest BCUT2D eigenvalue weighted by atomic mass is 16.5. The van der Waals surface area contributed by atoms with Crippen LogP contribution in [0.1, 0.15) is 35.1 Å². The Morgan fingerprint density at radius 2 is 1.54 bits per heavy atom. The van der Waals surface area contributed by atoms with Crippen molar-refractivity contribution in [1.82, 2.24) is 4.90 Å². The van der Waals surface area contributed by atoms with Crippen LogP contribution in [-0.4, -0.2) is 45.9 Å². The molecule has 3 aromatic rings. The predicted octanol–water partition coefficient (Wildman–Crippen LogP) is 5.71. The minimum absolute atomic E-state index is 0.742. The molecule has 3 aromatic carbocycles. The van der Waals surface area contributed by atoms with Crippen molar-refractivity contribution in [3.63, 3.8) is 0 Å². The van der Waals surface area contributed by atoms with Crippen molar-refractivity contribution in [1.29, 1.82) is 0 Å². The van der Waals surface area contributed by atoms with Crippen molar-refractivity contribution in [2.75, 3.05) is 41.0 Å². The fraction of sp³-hybridized carbons (Fsp3) is 0.400. The third-order valence-electron chi connectivity index (χ3n) is 6.71. The quantitative estimate of drug-likeness (QED) is 0.314. The molecule has 4 rings (SSSR count). The lowest BCUT2D eigenvalue weighted by molar-refractivity contribution is 0.233. The lowest BCUT2D eigenvalue weighted by Gasteiger charge is -2.29. The molecule has 1 aliphatic heterocycles. The van der Waals surface area contributed by atoms with E-state index in [2.05, 4.69) is 53.4 Å². The first kappa shape index (κ1) is 24.9. The number of hydrogen-bond acceptors (Lipinski definition) is 5. The smallest absolute Gasteiger partial charge is 0.161 e. The molecule has 0 N–H and O–H groups in total. The molecule has 0 spiro atoms. The van der Waals surface area contributed by atoms with Crippen LogP contribution in [0.3, 0.4) is 0 Å². The molecule has 0 bridgehead atoms. The maximum absolute atomic E-state index is 6.20. The Labute approximate surface area is 209 Å². The van der Waals surface area contributed by atoms with Crippen molar-refractivity contribution in [2.24, 2.45) is 0 Å². The number of unbranched alkanes of at least 4 members (excludes halogenated alkanes) is 1. The number of ether oxygens (including phenoxy) is 4. The van der Waals surface area contributed by atoms with Crippen LogP contribution in [0, 0.1) is 0 Å². The van der Waals surface area contributed by atoms with E-state index in [4.69, 9.17) is 18.9 Å². The van der Waals surface area contributed by atoms with Crippen LogP contribution in [-0.2, 0) is 25.8 Å². The molecule has 0 unspecified atom stereocenters. The highest BCUT2D eigenvalue weighted by molar-refractivity contribution is 5.48. The van der Waals surface area contributed by atoms with Crippen LogP contribution in [0.4, 0.5) is 0 Å². The van der Waals surface area contributed by atoms with Crippen LogP contribution >= 0.6 is 0 Å². The average molecular weight is 476 g/mol. The van der Waals surface area contributed by atoms with Crippen LogP contribution in [0.25, 0.3) is 0 Å². The largest absolute Gasteiger partial charge is 0.497 e. The summed E-state index contributed by atoms with van der Waals surface area (Å²) in [6, 6.07) is 20.9. The monoisotopic (exact) mass is 475 g/mol. The van der Waals surface area contributed by atoms with Crippen LogP contribution in [0.15, 0.2) is 60.7 Å². The summed E-state index contributed by atoms with van der Waals surface area (Å²) in [7, 11) is 5.10. The minimum atomic E-state index is 0.742. The molecule has 35 heavy (non-hydrogen) atoms. The molecule has 0 amide bonds. The van der Waals surface area contributed by atoms with Gasteiger partial charge in [0.2, 0.25) is 0 Å². The number of nitrogens with zero attached hydrogens (tertiary/aromatic N) is 1. The van der Waals surface area contributed by atoms with Gasteiger partial charge in [0.15, 0.2) is 11.5 Å². The van der Waals surface area contributed by atoms with Crippen molar-refractivity contribution < 1.29 is 18.9 Å². The summed E-state index contributed by atoms with van der Waals surface area (Å²) in [5, 5.41) is 0. The van der Waals surface area contributed by atoms with Crippen LogP contribution < -0.4 is 18.9 Å². The van der Waals surface area contributed by atoms with Crippen molar-refractivity contribution in [3.05, 3.63) is 82.9 Å². The van der Waals surface area contributed by atoms with Crippen molar-refractivity contribution in [2.45, 2.75) is 38.6 Å². The Balaban J connectivity index is 1.22. The highest BCUT2D eigenvalue weighted by Crippen LogP contribution is 2.33. The molecule has 0 saturated carbocycles. The maximum Gasteiger partial charge on any atom is 0.161 e. The predicted molar refractivity (Wildman–Crippen MR) is 140 cm³/mol. The van der Waals surface area contributed by atoms with E-state index in [-0.39, 0.29) is 0 Å². The minimum Gasteiger partial charge on any atom is -0.497 e. The number of hydrogen-bond donors (Lipinski definition) is 0. The van der Waals surface area contributed by atoms with E-state index in [1.165, 1.54) is 22.3 Å². The Kier molecular flexibility index (Phi) is 8.90. The summed E-state index contributed by atoms with van der Waals surface area (Å²) in [6.45, 7) is 3.86. The van der Waals surface area contributed by atoms with E-state index in [0.29, 0.717) is 0 Å². The molecule has 186 valence electrons. The third kappa shape index (κ3) is 6.70. The number of methoxy groups -OCH3 is 3. The normalized spacial score (nSPS) is 13.2. The van der Waals surface area contributed by atoms with E-state index in [9.17, 15) is 0 Å². The lowest BCUT2D eigenvalue weighted by atomic mass is 9.98. The molecule has 1 aliphatic rings. The van der Waals surface area contributed by atoms with Crippen molar-refractivity contribution in [3.8, 4) is 23.0 Å². The molecule has 1 heterocycles. The molecule has 5 nitrogen and oxygen atoms in total. The standard InChI is InChI=1S/C30H37NO4/c1-32-27-11-8-9-23(19-27)13-14-24-10-4-5-12-28(24)35-18-7-6-16-31-17-15-25-20-29(33-2)30(34-3)21-26(25)22-31/h4-5,8-12,19-21H,6-7,13-18,22H2,1-3H3. The second kappa shape index (κ2) is 12.5. The van der Waals surface area contributed by atoms with Gasteiger partial charge in [-0.3, -0.25) is 4.90 Å². The van der Waals surface area contributed by atoms with Gasteiger partial charge in [-0.2, -0.15) is 0 Å². The number of fused-ring (bicyclic) bond motifs is 1. The van der Waals surface area contributed by atoms with Gasteiger partial charge in [0, 0.05) is 13.1 Å². The average Bonchev–Trinajstić information content (AvgIpc) is 2.91. The maximum atomic E-state index is 6.20. The summed E-state index contributed by atoms with van der Waals surface area (Å²) in [5.41, 5.74) is 5.24. The van der Waals surface area contributed by atoms with Gasteiger partial charge >= 0.3 is 0 Å². The lowest BCUT2D eigenvalue weighted by Crippen LogP contribution is -2.31.